The molecule has 0 aromatic carbocycles. The number of nitrogens with zero attached hydrogens (tertiary/aromatic N) is 3. The van der Waals surface area contributed by atoms with Crippen LogP contribution in [0, 0.1) is 6.92 Å². The van der Waals surface area contributed by atoms with Gasteiger partial charge in [-0.3, -0.25) is 9.97 Å². The molecular formula is C9H10N4S. The number of hydrogen-bond acceptors (Lipinski definition) is 5. The minimum absolute atomic E-state index is 0.269. The highest BCUT2D eigenvalue weighted by Gasteiger charge is 2.11. The first-order valence-corrected chi connectivity index (χ1v) is 5.05. The zero-order valence-corrected chi connectivity index (χ0v) is 8.53. The molecule has 0 aliphatic rings. The molecule has 2 heterocycles. The SMILES string of the molecule is Cc1cnc(C(N)c2ccsn2)cn1. The molecule has 0 bridgehead atoms. The van der Waals surface area contributed by atoms with Crippen LogP contribution in [0.3, 0.4) is 0 Å². The minimum Gasteiger partial charge on any atom is -0.318 e. The molecule has 0 aliphatic heterocycles. The average Bonchev–Trinajstić information content (AvgIpc) is 2.71. The van der Waals surface area contributed by atoms with Crippen molar-refractivity contribution >= 4 is 11.5 Å². The lowest BCUT2D eigenvalue weighted by molar-refractivity contribution is 0.795. The lowest BCUT2D eigenvalue weighted by atomic mass is 10.1. The Kier molecular flexibility index (Phi) is 2.51. The Morgan fingerprint density at radius 3 is 2.71 bits per heavy atom. The van der Waals surface area contributed by atoms with Crippen molar-refractivity contribution in [2.24, 2.45) is 5.73 Å². The summed E-state index contributed by atoms with van der Waals surface area (Å²) in [5.74, 6) is 0. The highest BCUT2D eigenvalue weighted by Crippen LogP contribution is 2.15. The Labute approximate surface area is 86.0 Å². The van der Waals surface area contributed by atoms with Gasteiger partial charge < -0.3 is 5.73 Å². The molecule has 0 saturated heterocycles. The molecule has 0 fully saturated rings. The maximum absolute atomic E-state index is 5.95. The van der Waals surface area contributed by atoms with E-state index in [2.05, 4.69) is 14.3 Å². The average molecular weight is 206 g/mol. The van der Waals surface area contributed by atoms with Gasteiger partial charge in [-0.05, 0) is 24.5 Å². The molecule has 1 unspecified atom stereocenters. The quantitative estimate of drug-likeness (QED) is 0.804. The number of aromatic nitrogens is 3. The molecule has 2 N–H and O–H groups in total. The van der Waals surface area contributed by atoms with Crippen molar-refractivity contribution in [3.05, 3.63) is 40.9 Å². The van der Waals surface area contributed by atoms with Crippen LogP contribution in [-0.2, 0) is 0 Å². The summed E-state index contributed by atoms with van der Waals surface area (Å²) in [7, 11) is 0. The molecule has 4 nitrogen and oxygen atoms in total. The highest BCUT2D eigenvalue weighted by atomic mass is 32.1. The van der Waals surface area contributed by atoms with Crippen molar-refractivity contribution in [2.75, 3.05) is 0 Å². The van der Waals surface area contributed by atoms with Gasteiger partial charge in [0, 0.05) is 11.6 Å². The lowest BCUT2D eigenvalue weighted by Crippen LogP contribution is -2.14. The number of hydrogen-bond donors (Lipinski definition) is 1. The Hall–Kier alpha value is -1.33. The molecule has 1 atom stereocenters. The second-order valence-electron chi connectivity index (χ2n) is 2.98. The van der Waals surface area contributed by atoms with E-state index in [1.54, 1.807) is 12.4 Å². The zero-order chi connectivity index (χ0) is 9.97. The van der Waals surface area contributed by atoms with Crippen molar-refractivity contribution in [3.8, 4) is 0 Å². The van der Waals surface area contributed by atoms with E-state index in [-0.39, 0.29) is 6.04 Å². The van der Waals surface area contributed by atoms with Gasteiger partial charge in [-0.2, -0.15) is 4.37 Å². The lowest BCUT2D eigenvalue weighted by Gasteiger charge is -2.06. The van der Waals surface area contributed by atoms with E-state index >= 15 is 0 Å². The van der Waals surface area contributed by atoms with Gasteiger partial charge in [0.25, 0.3) is 0 Å². The van der Waals surface area contributed by atoms with Crippen LogP contribution in [0.25, 0.3) is 0 Å². The van der Waals surface area contributed by atoms with Crippen LogP contribution in [0.2, 0.25) is 0 Å². The van der Waals surface area contributed by atoms with E-state index in [9.17, 15) is 0 Å². The van der Waals surface area contributed by atoms with E-state index in [1.807, 2.05) is 18.4 Å². The molecule has 0 radical (unpaired) electrons. The van der Waals surface area contributed by atoms with Crippen LogP contribution in [0.4, 0.5) is 0 Å². The number of aryl methyl sites for hydroxylation is 1. The summed E-state index contributed by atoms with van der Waals surface area (Å²) in [6.07, 6.45) is 3.40. The first kappa shape index (κ1) is 9.23. The van der Waals surface area contributed by atoms with Gasteiger partial charge in [0.2, 0.25) is 0 Å². The summed E-state index contributed by atoms with van der Waals surface area (Å²) in [6, 6.07) is 1.63. The fraction of sp³-hybridized carbons (Fsp3) is 0.222. The molecular weight excluding hydrogens is 196 g/mol. The zero-order valence-electron chi connectivity index (χ0n) is 7.71. The largest absolute Gasteiger partial charge is 0.318 e. The van der Waals surface area contributed by atoms with Gasteiger partial charge in [-0.15, -0.1) is 0 Å². The van der Waals surface area contributed by atoms with Crippen molar-refractivity contribution in [1.82, 2.24) is 14.3 Å². The summed E-state index contributed by atoms with van der Waals surface area (Å²) in [5, 5.41) is 1.90. The first-order chi connectivity index (χ1) is 6.77. The van der Waals surface area contributed by atoms with Gasteiger partial charge in [0.05, 0.1) is 29.3 Å². The van der Waals surface area contributed by atoms with Crippen LogP contribution in [0.1, 0.15) is 23.1 Å². The predicted molar refractivity (Wildman–Crippen MR) is 54.9 cm³/mol. The Morgan fingerprint density at radius 2 is 2.14 bits per heavy atom. The van der Waals surface area contributed by atoms with Crippen molar-refractivity contribution in [2.45, 2.75) is 13.0 Å². The number of nitrogens with two attached hydrogens (primary N) is 1. The fourth-order valence-corrected chi connectivity index (χ4v) is 1.65. The third-order valence-electron chi connectivity index (χ3n) is 1.90. The van der Waals surface area contributed by atoms with E-state index in [0.29, 0.717) is 0 Å². The maximum Gasteiger partial charge on any atom is 0.0926 e. The van der Waals surface area contributed by atoms with Gasteiger partial charge >= 0.3 is 0 Å². The van der Waals surface area contributed by atoms with Crippen LogP contribution in [0.15, 0.2) is 23.8 Å². The van der Waals surface area contributed by atoms with E-state index in [0.717, 1.165) is 17.1 Å². The molecule has 2 aromatic heterocycles. The Balaban J connectivity index is 2.28. The monoisotopic (exact) mass is 206 g/mol. The van der Waals surface area contributed by atoms with Gasteiger partial charge in [-0.1, -0.05) is 0 Å². The summed E-state index contributed by atoms with van der Waals surface area (Å²) >= 11 is 1.39. The molecule has 2 rings (SSSR count). The standard InChI is InChI=1S/C9H10N4S/c1-6-4-12-8(5-11-6)9(10)7-2-3-14-13-7/h2-5,9H,10H2,1H3. The van der Waals surface area contributed by atoms with Crippen LogP contribution >= 0.6 is 11.5 Å². The van der Waals surface area contributed by atoms with Gasteiger partial charge in [0.15, 0.2) is 0 Å². The predicted octanol–water partition coefficient (Wildman–Crippen LogP) is 1.29. The topological polar surface area (TPSA) is 64.7 Å². The van der Waals surface area contributed by atoms with Crippen LogP contribution < -0.4 is 5.73 Å². The molecule has 5 heteroatoms. The minimum atomic E-state index is -0.269. The van der Waals surface area contributed by atoms with Crippen molar-refractivity contribution in [3.63, 3.8) is 0 Å². The Bertz CT molecular complexity index is 395. The van der Waals surface area contributed by atoms with Crippen molar-refractivity contribution in [1.29, 1.82) is 0 Å². The molecule has 0 aliphatic carbocycles. The van der Waals surface area contributed by atoms with Gasteiger partial charge in [-0.25, -0.2) is 0 Å². The maximum atomic E-state index is 5.95. The highest BCUT2D eigenvalue weighted by molar-refractivity contribution is 7.03. The summed E-state index contributed by atoms with van der Waals surface area (Å²) in [5.41, 5.74) is 8.43. The smallest absolute Gasteiger partial charge is 0.0926 e. The summed E-state index contributed by atoms with van der Waals surface area (Å²) in [6.45, 7) is 1.89. The molecule has 2 aromatic rings. The third-order valence-corrected chi connectivity index (χ3v) is 2.47. The second kappa shape index (κ2) is 3.81. The fourth-order valence-electron chi connectivity index (χ4n) is 1.10. The normalized spacial score (nSPS) is 12.7. The molecule has 0 spiro atoms. The number of rotatable bonds is 2. The Morgan fingerprint density at radius 1 is 1.29 bits per heavy atom. The van der Waals surface area contributed by atoms with Crippen LogP contribution in [-0.4, -0.2) is 14.3 Å². The molecule has 14 heavy (non-hydrogen) atoms. The molecule has 0 amide bonds. The molecule has 0 saturated carbocycles. The molecule has 72 valence electrons. The van der Waals surface area contributed by atoms with E-state index in [1.165, 1.54) is 11.5 Å². The third kappa shape index (κ3) is 1.78. The first-order valence-electron chi connectivity index (χ1n) is 4.22. The van der Waals surface area contributed by atoms with E-state index in [4.69, 9.17) is 5.73 Å². The van der Waals surface area contributed by atoms with Crippen LogP contribution in [0.5, 0.6) is 0 Å². The van der Waals surface area contributed by atoms with Crippen molar-refractivity contribution < 1.29 is 0 Å². The van der Waals surface area contributed by atoms with Gasteiger partial charge in [0.1, 0.15) is 0 Å². The summed E-state index contributed by atoms with van der Waals surface area (Å²) in [4.78, 5) is 8.35. The summed E-state index contributed by atoms with van der Waals surface area (Å²) < 4.78 is 4.16. The second-order valence-corrected chi connectivity index (χ2v) is 3.65. The van der Waals surface area contributed by atoms with E-state index < -0.39 is 0 Å².